The number of ether oxygens (including phenoxy) is 1. The summed E-state index contributed by atoms with van der Waals surface area (Å²) in [6, 6.07) is 4.86. The highest BCUT2D eigenvalue weighted by molar-refractivity contribution is 7.80. The molecule has 25 heavy (non-hydrogen) atoms. The van der Waals surface area contributed by atoms with Crippen LogP contribution >= 0.6 is 12.2 Å². The van der Waals surface area contributed by atoms with Crippen molar-refractivity contribution in [1.29, 1.82) is 0 Å². The number of amides is 1. The molecule has 136 valence electrons. The third kappa shape index (κ3) is 4.19. The number of aliphatic hydroxyl groups excluding tert-OH is 1. The van der Waals surface area contributed by atoms with Crippen LogP contribution in [0.1, 0.15) is 37.2 Å². The minimum absolute atomic E-state index is 0.116. The highest BCUT2D eigenvalue weighted by Gasteiger charge is 2.33. The van der Waals surface area contributed by atoms with E-state index in [1.54, 1.807) is 12.1 Å². The molecule has 2 fully saturated rings. The Labute approximate surface area is 151 Å². The highest BCUT2D eigenvalue weighted by Crippen LogP contribution is 2.35. The molecule has 0 radical (unpaired) electrons. The van der Waals surface area contributed by atoms with Crippen LogP contribution in [0, 0.1) is 5.82 Å². The van der Waals surface area contributed by atoms with Gasteiger partial charge in [-0.05, 0) is 61.5 Å². The average Bonchev–Trinajstić information content (AvgIpc) is 2.95. The highest BCUT2D eigenvalue weighted by atomic mass is 32.1. The van der Waals surface area contributed by atoms with Gasteiger partial charge in [-0.15, -0.1) is 0 Å². The lowest BCUT2D eigenvalue weighted by atomic mass is 9.82. The SMILES string of the molecule is NC(=S)NC[C@H]1CN(c2ccc(C3CCC(O)CC3)c(F)c2)C(=O)O1. The maximum atomic E-state index is 14.6. The molecule has 0 bridgehead atoms. The monoisotopic (exact) mass is 367 g/mol. The van der Waals surface area contributed by atoms with Crippen LogP contribution in [0.4, 0.5) is 14.9 Å². The number of aliphatic hydroxyl groups is 1. The Bertz CT molecular complexity index is 665. The molecule has 1 atom stereocenters. The normalized spacial score (nSPS) is 26.4. The van der Waals surface area contributed by atoms with E-state index in [0.29, 0.717) is 37.2 Å². The minimum Gasteiger partial charge on any atom is -0.442 e. The smallest absolute Gasteiger partial charge is 0.414 e. The molecule has 0 unspecified atom stereocenters. The fourth-order valence-electron chi connectivity index (χ4n) is 3.45. The number of nitrogens with one attached hydrogen (secondary N) is 1. The Morgan fingerprint density at radius 2 is 2.12 bits per heavy atom. The van der Waals surface area contributed by atoms with Gasteiger partial charge in [0.2, 0.25) is 0 Å². The summed E-state index contributed by atoms with van der Waals surface area (Å²) < 4.78 is 19.8. The number of anilines is 1. The van der Waals surface area contributed by atoms with Crippen LogP contribution in [0.3, 0.4) is 0 Å². The molecule has 1 amide bonds. The van der Waals surface area contributed by atoms with Crippen molar-refractivity contribution < 1.29 is 19.0 Å². The number of rotatable bonds is 4. The molecule has 3 rings (SSSR count). The van der Waals surface area contributed by atoms with E-state index in [9.17, 15) is 14.3 Å². The number of cyclic esters (lactones) is 1. The van der Waals surface area contributed by atoms with Gasteiger partial charge in [0.05, 0.1) is 24.9 Å². The zero-order valence-corrected chi connectivity index (χ0v) is 14.6. The van der Waals surface area contributed by atoms with Crippen LogP contribution in [-0.4, -0.2) is 41.6 Å². The number of hydrogen-bond acceptors (Lipinski definition) is 4. The van der Waals surface area contributed by atoms with Crippen molar-refractivity contribution >= 4 is 29.1 Å². The van der Waals surface area contributed by atoms with E-state index >= 15 is 0 Å². The molecular weight excluding hydrogens is 345 g/mol. The molecular formula is C17H22FN3O3S. The second-order valence-electron chi connectivity index (χ2n) is 6.57. The van der Waals surface area contributed by atoms with Gasteiger partial charge in [-0.25, -0.2) is 9.18 Å². The summed E-state index contributed by atoms with van der Waals surface area (Å²) in [5.41, 5.74) is 6.49. The van der Waals surface area contributed by atoms with Gasteiger partial charge < -0.3 is 20.9 Å². The summed E-state index contributed by atoms with van der Waals surface area (Å²) in [6.45, 7) is 0.630. The van der Waals surface area contributed by atoms with E-state index in [0.717, 1.165) is 12.8 Å². The summed E-state index contributed by atoms with van der Waals surface area (Å²) in [7, 11) is 0. The number of nitrogens with two attached hydrogens (primary N) is 1. The van der Waals surface area contributed by atoms with Gasteiger partial charge in [0.25, 0.3) is 0 Å². The molecule has 1 aromatic carbocycles. The van der Waals surface area contributed by atoms with Crippen molar-refractivity contribution in [2.24, 2.45) is 5.73 Å². The molecule has 4 N–H and O–H groups in total. The molecule has 0 aromatic heterocycles. The van der Waals surface area contributed by atoms with Crippen molar-refractivity contribution in [3.05, 3.63) is 29.6 Å². The first kappa shape index (κ1) is 17.9. The first-order valence-electron chi connectivity index (χ1n) is 8.43. The van der Waals surface area contributed by atoms with Crippen LogP contribution in [0.15, 0.2) is 18.2 Å². The van der Waals surface area contributed by atoms with Crippen molar-refractivity contribution in [3.8, 4) is 0 Å². The minimum atomic E-state index is -0.511. The van der Waals surface area contributed by atoms with Gasteiger partial charge in [-0.2, -0.15) is 0 Å². The Morgan fingerprint density at radius 1 is 1.40 bits per heavy atom. The van der Waals surface area contributed by atoms with E-state index in [1.165, 1.54) is 11.0 Å². The lowest BCUT2D eigenvalue weighted by molar-refractivity contribution is 0.122. The first-order valence-corrected chi connectivity index (χ1v) is 8.84. The van der Waals surface area contributed by atoms with Crippen molar-refractivity contribution in [2.75, 3.05) is 18.0 Å². The van der Waals surface area contributed by atoms with Gasteiger partial charge in [0.15, 0.2) is 5.11 Å². The second kappa shape index (κ2) is 7.53. The Kier molecular flexibility index (Phi) is 5.39. The van der Waals surface area contributed by atoms with Crippen LogP contribution < -0.4 is 16.0 Å². The Morgan fingerprint density at radius 3 is 2.76 bits per heavy atom. The molecule has 1 aliphatic heterocycles. The molecule has 6 nitrogen and oxygen atoms in total. The van der Waals surface area contributed by atoms with Crippen LogP contribution in [0.25, 0.3) is 0 Å². The second-order valence-corrected chi connectivity index (χ2v) is 7.01. The number of nitrogens with zero attached hydrogens (tertiary/aromatic N) is 1. The van der Waals surface area contributed by atoms with Gasteiger partial charge in [-0.3, -0.25) is 4.90 Å². The molecule has 8 heteroatoms. The fraction of sp³-hybridized carbons (Fsp3) is 0.529. The van der Waals surface area contributed by atoms with Crippen LogP contribution in [0.2, 0.25) is 0 Å². The zero-order chi connectivity index (χ0) is 18.0. The quantitative estimate of drug-likeness (QED) is 0.706. The summed E-state index contributed by atoms with van der Waals surface area (Å²) in [4.78, 5) is 13.4. The number of benzene rings is 1. The van der Waals surface area contributed by atoms with Crippen LogP contribution in [0.5, 0.6) is 0 Å². The summed E-state index contributed by atoms with van der Waals surface area (Å²) >= 11 is 4.73. The van der Waals surface area contributed by atoms with Crippen molar-refractivity contribution in [1.82, 2.24) is 5.32 Å². The first-order chi connectivity index (χ1) is 11.9. The number of halogens is 1. The third-order valence-corrected chi connectivity index (χ3v) is 4.95. The standard InChI is InChI=1S/C17H22FN3O3S/c18-15-7-11(3-6-14(15)10-1-4-12(22)5-2-10)21-9-13(24-17(21)23)8-20-16(19)25/h3,6-7,10,12-13,22H,1-2,4-5,8-9H2,(H3,19,20,25)/t10?,12?,13-/m0/s1. The topological polar surface area (TPSA) is 87.8 Å². The number of carbonyl (C=O) groups excluding carboxylic acids is 1. The summed E-state index contributed by atoms with van der Waals surface area (Å²) in [5.74, 6) is -0.207. The fourth-order valence-corrected chi connectivity index (χ4v) is 3.54. The van der Waals surface area contributed by atoms with Crippen molar-refractivity contribution in [3.63, 3.8) is 0 Å². The van der Waals surface area contributed by atoms with E-state index in [2.05, 4.69) is 5.32 Å². The van der Waals surface area contributed by atoms with E-state index in [-0.39, 0.29) is 23.0 Å². The predicted molar refractivity (Wildman–Crippen MR) is 96.0 cm³/mol. The van der Waals surface area contributed by atoms with Crippen molar-refractivity contribution in [2.45, 2.75) is 43.8 Å². The van der Waals surface area contributed by atoms with Gasteiger partial charge >= 0.3 is 6.09 Å². The van der Waals surface area contributed by atoms with Gasteiger partial charge in [-0.1, -0.05) is 6.07 Å². The summed E-state index contributed by atoms with van der Waals surface area (Å²) in [6.07, 6.45) is 1.76. The Hall–Kier alpha value is -1.93. The Balaban J connectivity index is 1.68. The lowest BCUT2D eigenvalue weighted by Crippen LogP contribution is -2.37. The van der Waals surface area contributed by atoms with Crippen LogP contribution in [-0.2, 0) is 4.74 Å². The maximum Gasteiger partial charge on any atom is 0.414 e. The predicted octanol–water partition coefficient (Wildman–Crippen LogP) is 2.00. The van der Waals surface area contributed by atoms with Gasteiger partial charge in [0.1, 0.15) is 11.9 Å². The molecule has 1 heterocycles. The largest absolute Gasteiger partial charge is 0.442 e. The summed E-state index contributed by atoms with van der Waals surface area (Å²) in [5, 5.41) is 12.5. The zero-order valence-electron chi connectivity index (χ0n) is 13.8. The molecule has 1 saturated heterocycles. The molecule has 1 aromatic rings. The molecule has 1 saturated carbocycles. The maximum absolute atomic E-state index is 14.6. The molecule has 0 spiro atoms. The number of carbonyl (C=O) groups is 1. The van der Waals surface area contributed by atoms with E-state index in [4.69, 9.17) is 22.7 Å². The van der Waals surface area contributed by atoms with Gasteiger partial charge in [0, 0.05) is 0 Å². The molecule has 1 aliphatic carbocycles. The molecule has 2 aliphatic rings. The lowest BCUT2D eigenvalue weighted by Gasteiger charge is -2.26. The van der Waals surface area contributed by atoms with E-state index < -0.39 is 12.2 Å². The number of thiocarbonyl (C=S) groups is 1. The third-order valence-electron chi connectivity index (χ3n) is 4.81. The number of hydrogen-bond donors (Lipinski definition) is 3. The average molecular weight is 367 g/mol. The van der Waals surface area contributed by atoms with E-state index in [1.807, 2.05) is 0 Å².